The minimum absolute atomic E-state index is 0.0474. The molecule has 1 heterocycles. The molecular weight excluding hydrogens is 516 g/mol. The Morgan fingerprint density at radius 1 is 0.900 bits per heavy atom. The van der Waals surface area contributed by atoms with E-state index in [0.717, 1.165) is 42.1 Å². The lowest BCUT2D eigenvalue weighted by Gasteiger charge is -2.16. The molecule has 0 saturated carbocycles. The molecule has 1 aliphatic rings. The monoisotopic (exact) mass is 564 g/mol. The summed E-state index contributed by atoms with van der Waals surface area (Å²) in [6.45, 7) is 5.18. The Bertz CT molecular complexity index is 1080. The zero-order chi connectivity index (χ0) is 28.4. The third kappa shape index (κ3) is 11.8. The fraction of sp³-hybridized carbons (Fsp3) is 0.529. The topological polar surface area (TPSA) is 58.6 Å². The SMILES string of the molecule is CCCCCCCCCCCCCCOc1c(CC(=O)Nc2cccc(CN3C=CSC3)c2)cccc1C(C)=O. The molecule has 0 atom stereocenters. The predicted octanol–water partition coefficient (Wildman–Crippen LogP) is 9.13. The summed E-state index contributed by atoms with van der Waals surface area (Å²) in [5.74, 6) is 1.34. The standard InChI is InChI=1S/C34H48N2O3S/c1-3-4-5-6-7-8-9-10-11-12-13-14-22-39-34-30(18-16-20-32(34)28(2)37)25-33(38)35-31-19-15-17-29(24-31)26-36-21-23-40-27-36/h15-21,23-24H,3-14,22,25-27H2,1-2H3,(H,35,38). The van der Waals surface area contributed by atoms with Gasteiger partial charge in [0.05, 0.1) is 24.5 Å². The van der Waals surface area contributed by atoms with Crippen molar-refractivity contribution >= 4 is 29.1 Å². The summed E-state index contributed by atoms with van der Waals surface area (Å²) in [5, 5.41) is 5.12. The van der Waals surface area contributed by atoms with Gasteiger partial charge in [0.1, 0.15) is 5.75 Å². The summed E-state index contributed by atoms with van der Waals surface area (Å²) in [4.78, 5) is 27.5. The van der Waals surface area contributed by atoms with Crippen molar-refractivity contribution in [2.75, 3.05) is 17.8 Å². The molecule has 0 unspecified atom stereocenters. The maximum Gasteiger partial charge on any atom is 0.228 e. The molecule has 0 saturated heterocycles. The molecule has 218 valence electrons. The van der Waals surface area contributed by atoms with E-state index in [9.17, 15) is 9.59 Å². The number of amides is 1. The number of hydrogen-bond donors (Lipinski definition) is 1. The minimum Gasteiger partial charge on any atom is -0.493 e. The Labute approximate surface area is 246 Å². The van der Waals surface area contributed by atoms with Crippen LogP contribution in [0.3, 0.4) is 0 Å². The van der Waals surface area contributed by atoms with Gasteiger partial charge in [-0.3, -0.25) is 9.59 Å². The fourth-order valence-electron chi connectivity index (χ4n) is 5.06. The van der Waals surface area contributed by atoms with Crippen molar-refractivity contribution in [1.29, 1.82) is 0 Å². The molecular formula is C34H48N2O3S. The molecule has 2 aromatic carbocycles. The van der Waals surface area contributed by atoms with Crippen LogP contribution in [-0.4, -0.2) is 29.1 Å². The van der Waals surface area contributed by atoms with E-state index < -0.39 is 0 Å². The average molecular weight is 565 g/mol. The van der Waals surface area contributed by atoms with Crippen molar-refractivity contribution in [2.24, 2.45) is 0 Å². The van der Waals surface area contributed by atoms with Crippen LogP contribution in [0.1, 0.15) is 112 Å². The van der Waals surface area contributed by atoms with Gasteiger partial charge in [0.15, 0.2) is 5.78 Å². The number of carbonyl (C=O) groups excluding carboxylic acids is 2. The lowest BCUT2D eigenvalue weighted by Crippen LogP contribution is -2.17. The highest BCUT2D eigenvalue weighted by atomic mass is 32.2. The van der Waals surface area contributed by atoms with Gasteiger partial charge in [-0.2, -0.15) is 0 Å². The first-order valence-corrected chi connectivity index (χ1v) is 16.3. The minimum atomic E-state index is -0.121. The quantitative estimate of drug-likeness (QED) is 0.128. The van der Waals surface area contributed by atoms with E-state index in [1.807, 2.05) is 30.3 Å². The lowest BCUT2D eigenvalue weighted by molar-refractivity contribution is -0.115. The summed E-state index contributed by atoms with van der Waals surface area (Å²) in [6, 6.07) is 13.5. The van der Waals surface area contributed by atoms with Crippen molar-refractivity contribution in [3.05, 3.63) is 70.8 Å². The Kier molecular flexibility index (Phi) is 14.8. The Morgan fingerprint density at radius 3 is 2.23 bits per heavy atom. The summed E-state index contributed by atoms with van der Waals surface area (Å²) < 4.78 is 6.15. The van der Waals surface area contributed by atoms with Crippen molar-refractivity contribution < 1.29 is 14.3 Å². The molecule has 0 fully saturated rings. The second-order valence-electron chi connectivity index (χ2n) is 10.8. The van der Waals surface area contributed by atoms with Gasteiger partial charge in [-0.15, -0.1) is 11.8 Å². The van der Waals surface area contributed by atoms with Crippen molar-refractivity contribution in [1.82, 2.24) is 4.90 Å². The van der Waals surface area contributed by atoms with Crippen LogP contribution < -0.4 is 10.1 Å². The highest BCUT2D eigenvalue weighted by Gasteiger charge is 2.16. The number of unbranched alkanes of at least 4 members (excludes halogenated alkanes) is 11. The molecule has 0 radical (unpaired) electrons. The first kappa shape index (κ1) is 31.8. The highest BCUT2D eigenvalue weighted by Crippen LogP contribution is 2.27. The van der Waals surface area contributed by atoms with Crippen LogP contribution in [0.15, 0.2) is 54.1 Å². The third-order valence-corrected chi connectivity index (χ3v) is 8.07. The van der Waals surface area contributed by atoms with Crippen LogP contribution in [0.4, 0.5) is 5.69 Å². The van der Waals surface area contributed by atoms with Gasteiger partial charge in [-0.1, -0.05) is 102 Å². The molecule has 0 aliphatic carbocycles. The maximum atomic E-state index is 13.0. The van der Waals surface area contributed by atoms with Gasteiger partial charge < -0.3 is 15.0 Å². The Balaban J connectivity index is 1.43. The van der Waals surface area contributed by atoms with Gasteiger partial charge in [0, 0.05) is 24.0 Å². The number of para-hydroxylation sites is 1. The smallest absolute Gasteiger partial charge is 0.228 e. The molecule has 1 amide bonds. The van der Waals surface area contributed by atoms with Crippen LogP contribution >= 0.6 is 11.8 Å². The summed E-state index contributed by atoms with van der Waals surface area (Å²) >= 11 is 1.78. The van der Waals surface area contributed by atoms with E-state index in [-0.39, 0.29) is 18.1 Å². The number of ether oxygens (including phenoxy) is 1. The largest absolute Gasteiger partial charge is 0.493 e. The summed E-state index contributed by atoms with van der Waals surface area (Å²) in [7, 11) is 0. The van der Waals surface area contributed by atoms with Gasteiger partial charge in [-0.25, -0.2) is 0 Å². The number of nitrogens with one attached hydrogen (secondary N) is 1. The van der Waals surface area contributed by atoms with Crippen molar-refractivity contribution in [3.63, 3.8) is 0 Å². The fourth-order valence-corrected chi connectivity index (χ4v) is 5.77. The number of rotatable bonds is 20. The van der Waals surface area contributed by atoms with E-state index in [0.29, 0.717) is 17.9 Å². The van der Waals surface area contributed by atoms with Gasteiger partial charge >= 0.3 is 0 Å². The predicted molar refractivity (Wildman–Crippen MR) is 169 cm³/mol. The maximum absolute atomic E-state index is 13.0. The van der Waals surface area contributed by atoms with Crippen LogP contribution in [0.25, 0.3) is 0 Å². The number of ketones is 1. The lowest BCUT2D eigenvalue weighted by atomic mass is 10.0. The van der Waals surface area contributed by atoms with Crippen LogP contribution in [0.2, 0.25) is 0 Å². The van der Waals surface area contributed by atoms with Gasteiger partial charge in [-0.05, 0) is 42.5 Å². The van der Waals surface area contributed by atoms with Gasteiger partial charge in [0.2, 0.25) is 5.91 Å². The second-order valence-corrected chi connectivity index (χ2v) is 11.7. The molecule has 5 nitrogen and oxygen atoms in total. The highest BCUT2D eigenvalue weighted by molar-refractivity contribution is 8.02. The Hall–Kier alpha value is -2.73. The van der Waals surface area contributed by atoms with E-state index in [1.54, 1.807) is 24.8 Å². The summed E-state index contributed by atoms with van der Waals surface area (Å²) in [5.41, 5.74) is 3.22. The molecule has 2 aromatic rings. The number of thioether (sulfide) groups is 1. The summed E-state index contributed by atoms with van der Waals surface area (Å²) in [6.07, 6.45) is 17.7. The molecule has 0 spiro atoms. The van der Waals surface area contributed by atoms with Crippen LogP contribution in [0, 0.1) is 0 Å². The Morgan fingerprint density at radius 2 is 1.57 bits per heavy atom. The molecule has 1 N–H and O–H groups in total. The molecule has 3 rings (SSSR count). The molecule has 40 heavy (non-hydrogen) atoms. The zero-order valence-electron chi connectivity index (χ0n) is 24.6. The zero-order valence-corrected chi connectivity index (χ0v) is 25.4. The van der Waals surface area contributed by atoms with Crippen LogP contribution in [0.5, 0.6) is 5.75 Å². The molecule has 0 bridgehead atoms. The van der Waals surface area contributed by atoms with E-state index in [2.05, 4.69) is 34.8 Å². The molecule has 0 aromatic heterocycles. The van der Waals surface area contributed by atoms with Crippen LogP contribution in [-0.2, 0) is 17.8 Å². The second kappa shape index (κ2) is 18.6. The normalized spacial score (nSPS) is 12.6. The first-order chi connectivity index (χ1) is 19.6. The number of Topliss-reactive ketones (excluding diaryl/α,β-unsaturated/α-hetero) is 1. The first-order valence-electron chi connectivity index (χ1n) is 15.2. The molecule has 1 aliphatic heterocycles. The average Bonchev–Trinajstić information content (AvgIpc) is 3.45. The van der Waals surface area contributed by atoms with Crippen molar-refractivity contribution in [2.45, 2.75) is 104 Å². The van der Waals surface area contributed by atoms with Crippen molar-refractivity contribution in [3.8, 4) is 5.75 Å². The number of carbonyl (C=O) groups is 2. The number of benzene rings is 2. The van der Waals surface area contributed by atoms with E-state index >= 15 is 0 Å². The van der Waals surface area contributed by atoms with E-state index in [4.69, 9.17) is 4.74 Å². The molecule has 6 heteroatoms. The number of anilines is 1. The van der Waals surface area contributed by atoms with Gasteiger partial charge in [0.25, 0.3) is 0 Å². The number of hydrogen-bond acceptors (Lipinski definition) is 5. The van der Waals surface area contributed by atoms with E-state index in [1.165, 1.54) is 64.2 Å². The number of nitrogens with zero attached hydrogens (tertiary/aromatic N) is 1. The third-order valence-electron chi connectivity index (χ3n) is 7.28.